The van der Waals surface area contributed by atoms with Gasteiger partial charge < -0.3 is 5.11 Å². The largest absolute Gasteiger partial charge is 0.389 e. The zero-order chi connectivity index (χ0) is 8.10. The molecule has 64 valence electrons. The molecule has 0 aliphatic heterocycles. The van der Waals surface area contributed by atoms with Crippen molar-refractivity contribution >= 4 is 0 Å². The number of rotatable bonds is 2. The van der Waals surface area contributed by atoms with Crippen LogP contribution in [0.25, 0.3) is 0 Å². The molecular weight excluding hydrogens is 136 g/mol. The Morgan fingerprint density at radius 2 is 1.91 bits per heavy atom. The van der Waals surface area contributed by atoms with Crippen molar-refractivity contribution in [1.29, 1.82) is 0 Å². The lowest BCUT2D eigenvalue weighted by Crippen LogP contribution is -2.20. The molecule has 1 unspecified atom stereocenters. The molecule has 1 rings (SSSR count). The summed E-state index contributed by atoms with van der Waals surface area (Å²) in [5.74, 6) is 0.542. The van der Waals surface area contributed by atoms with Crippen LogP contribution in [0, 0.1) is 5.92 Å². The Labute approximate surface area is 69.1 Å². The molecule has 1 nitrogen and oxygen atoms in total. The molecular formula is C10H18O. The monoisotopic (exact) mass is 154 g/mol. The topological polar surface area (TPSA) is 20.2 Å². The minimum atomic E-state index is -0.180. The summed E-state index contributed by atoms with van der Waals surface area (Å²) < 4.78 is 0. The van der Waals surface area contributed by atoms with E-state index in [-0.39, 0.29) is 6.10 Å². The van der Waals surface area contributed by atoms with Gasteiger partial charge in [0.25, 0.3) is 0 Å². The molecule has 0 spiro atoms. The Balaban J connectivity index is 2.32. The van der Waals surface area contributed by atoms with Crippen molar-refractivity contribution in [1.82, 2.24) is 0 Å². The molecule has 0 aromatic rings. The lowest BCUT2D eigenvalue weighted by molar-refractivity contribution is 0.125. The first kappa shape index (κ1) is 8.79. The van der Waals surface area contributed by atoms with E-state index in [1.54, 1.807) is 0 Å². The van der Waals surface area contributed by atoms with Crippen molar-refractivity contribution in [3.63, 3.8) is 0 Å². The van der Waals surface area contributed by atoms with E-state index in [4.69, 9.17) is 0 Å². The van der Waals surface area contributed by atoms with Gasteiger partial charge in [0.15, 0.2) is 0 Å². The van der Waals surface area contributed by atoms with Crippen LogP contribution in [0.3, 0.4) is 0 Å². The highest BCUT2D eigenvalue weighted by molar-refractivity contribution is 4.90. The summed E-state index contributed by atoms with van der Waals surface area (Å²) in [4.78, 5) is 0. The molecule has 0 aromatic heterocycles. The van der Waals surface area contributed by atoms with Gasteiger partial charge in [-0.25, -0.2) is 0 Å². The van der Waals surface area contributed by atoms with Crippen LogP contribution in [-0.2, 0) is 0 Å². The molecule has 11 heavy (non-hydrogen) atoms. The fourth-order valence-corrected chi connectivity index (χ4v) is 1.83. The van der Waals surface area contributed by atoms with Crippen molar-refractivity contribution in [2.75, 3.05) is 0 Å². The second-order valence-corrected chi connectivity index (χ2v) is 3.41. The fraction of sp³-hybridized carbons (Fsp3) is 0.800. The smallest absolute Gasteiger partial charge is 0.0748 e. The van der Waals surface area contributed by atoms with Gasteiger partial charge in [0, 0.05) is 0 Å². The molecule has 1 fully saturated rings. The summed E-state index contributed by atoms with van der Waals surface area (Å²) in [7, 11) is 0. The van der Waals surface area contributed by atoms with Gasteiger partial charge in [0.1, 0.15) is 0 Å². The van der Waals surface area contributed by atoms with E-state index < -0.39 is 0 Å². The average Bonchev–Trinajstić information content (AvgIpc) is 2.07. The molecule has 1 atom stereocenters. The van der Waals surface area contributed by atoms with Gasteiger partial charge in [0.2, 0.25) is 0 Å². The second kappa shape index (κ2) is 4.55. The quantitative estimate of drug-likeness (QED) is 0.606. The number of hydrogen-bond donors (Lipinski definition) is 1. The molecule has 1 aliphatic rings. The summed E-state index contributed by atoms with van der Waals surface area (Å²) in [6, 6.07) is 0. The van der Waals surface area contributed by atoms with E-state index in [1.807, 2.05) is 19.1 Å². The Bertz CT molecular complexity index is 123. The van der Waals surface area contributed by atoms with Crippen molar-refractivity contribution in [3.8, 4) is 0 Å². The maximum atomic E-state index is 9.59. The summed E-state index contributed by atoms with van der Waals surface area (Å²) in [5.41, 5.74) is 0. The number of aliphatic hydroxyl groups is 1. The standard InChI is InChI=1S/C10H18O/c1-2-6-10(11)9-7-4-3-5-8-9/h2,6,9-11H,3-5,7-8H2,1H3/b6-2+. The van der Waals surface area contributed by atoms with Crippen LogP contribution >= 0.6 is 0 Å². The maximum Gasteiger partial charge on any atom is 0.0748 e. The summed E-state index contributed by atoms with van der Waals surface area (Å²) in [6.07, 6.45) is 10.1. The minimum absolute atomic E-state index is 0.180. The first-order valence-corrected chi connectivity index (χ1v) is 4.65. The normalized spacial score (nSPS) is 24.2. The molecule has 0 radical (unpaired) electrons. The molecule has 0 amide bonds. The van der Waals surface area contributed by atoms with Crippen molar-refractivity contribution in [3.05, 3.63) is 12.2 Å². The Hall–Kier alpha value is -0.300. The second-order valence-electron chi connectivity index (χ2n) is 3.41. The van der Waals surface area contributed by atoms with Gasteiger partial charge in [0.05, 0.1) is 6.10 Å². The number of allylic oxidation sites excluding steroid dienone is 1. The third-order valence-electron chi connectivity index (χ3n) is 2.52. The summed E-state index contributed by atoms with van der Waals surface area (Å²) >= 11 is 0. The van der Waals surface area contributed by atoms with Crippen LogP contribution in [-0.4, -0.2) is 11.2 Å². The van der Waals surface area contributed by atoms with Crippen molar-refractivity contribution in [2.24, 2.45) is 5.92 Å². The van der Waals surface area contributed by atoms with Gasteiger partial charge in [-0.15, -0.1) is 0 Å². The zero-order valence-electron chi connectivity index (χ0n) is 7.29. The number of aliphatic hydroxyl groups excluding tert-OH is 1. The van der Waals surface area contributed by atoms with Crippen molar-refractivity contribution in [2.45, 2.75) is 45.1 Å². The van der Waals surface area contributed by atoms with Crippen LogP contribution in [0.4, 0.5) is 0 Å². The molecule has 0 heterocycles. The van der Waals surface area contributed by atoms with Crippen molar-refractivity contribution < 1.29 is 5.11 Å². The molecule has 1 aliphatic carbocycles. The zero-order valence-corrected chi connectivity index (χ0v) is 7.29. The molecule has 1 saturated carbocycles. The van der Waals surface area contributed by atoms with Crippen LogP contribution in [0.15, 0.2) is 12.2 Å². The van der Waals surface area contributed by atoms with E-state index in [9.17, 15) is 5.11 Å². The fourth-order valence-electron chi connectivity index (χ4n) is 1.83. The highest BCUT2D eigenvalue weighted by Crippen LogP contribution is 2.26. The van der Waals surface area contributed by atoms with Gasteiger partial charge in [-0.1, -0.05) is 31.4 Å². The lowest BCUT2D eigenvalue weighted by atomic mass is 9.85. The molecule has 0 bridgehead atoms. The van der Waals surface area contributed by atoms with Gasteiger partial charge in [-0.3, -0.25) is 0 Å². The Morgan fingerprint density at radius 1 is 1.27 bits per heavy atom. The van der Waals surface area contributed by atoms with Crippen LogP contribution < -0.4 is 0 Å². The lowest BCUT2D eigenvalue weighted by Gasteiger charge is -2.24. The predicted molar refractivity (Wildman–Crippen MR) is 47.4 cm³/mol. The first-order chi connectivity index (χ1) is 5.34. The van der Waals surface area contributed by atoms with Gasteiger partial charge >= 0.3 is 0 Å². The van der Waals surface area contributed by atoms with Crippen LogP contribution in [0.1, 0.15) is 39.0 Å². The Kier molecular flexibility index (Phi) is 3.64. The first-order valence-electron chi connectivity index (χ1n) is 4.65. The number of hydrogen-bond acceptors (Lipinski definition) is 1. The van der Waals surface area contributed by atoms with Crippen LogP contribution in [0.5, 0.6) is 0 Å². The van der Waals surface area contributed by atoms with E-state index in [0.29, 0.717) is 5.92 Å². The third-order valence-corrected chi connectivity index (χ3v) is 2.52. The molecule has 1 heteroatoms. The van der Waals surface area contributed by atoms with E-state index in [2.05, 4.69) is 0 Å². The van der Waals surface area contributed by atoms with E-state index in [0.717, 1.165) is 0 Å². The van der Waals surface area contributed by atoms with Gasteiger partial charge in [-0.2, -0.15) is 0 Å². The van der Waals surface area contributed by atoms with E-state index in [1.165, 1.54) is 32.1 Å². The molecule has 0 aromatic carbocycles. The summed E-state index contributed by atoms with van der Waals surface area (Å²) in [6.45, 7) is 1.96. The maximum absolute atomic E-state index is 9.59. The molecule has 0 saturated heterocycles. The predicted octanol–water partition coefficient (Wildman–Crippen LogP) is 2.50. The average molecular weight is 154 g/mol. The summed E-state index contributed by atoms with van der Waals surface area (Å²) in [5, 5.41) is 9.59. The Morgan fingerprint density at radius 3 is 2.45 bits per heavy atom. The van der Waals surface area contributed by atoms with E-state index >= 15 is 0 Å². The SMILES string of the molecule is C/C=C/C(O)C1CCCCC1. The minimum Gasteiger partial charge on any atom is -0.389 e. The highest BCUT2D eigenvalue weighted by atomic mass is 16.3. The highest BCUT2D eigenvalue weighted by Gasteiger charge is 2.18. The third kappa shape index (κ3) is 2.66. The van der Waals surface area contributed by atoms with Gasteiger partial charge in [-0.05, 0) is 25.7 Å². The molecule has 1 N–H and O–H groups in total. The van der Waals surface area contributed by atoms with Crippen LogP contribution in [0.2, 0.25) is 0 Å².